The number of carbonyl (C=O) groups is 2. The van der Waals surface area contributed by atoms with Gasteiger partial charge in [-0.3, -0.25) is 9.59 Å². The zero-order valence-corrected chi connectivity index (χ0v) is 14.2. The summed E-state index contributed by atoms with van der Waals surface area (Å²) in [5.41, 5.74) is 0.474. The first kappa shape index (κ1) is 17.2. The highest BCUT2D eigenvalue weighted by atomic mass is 35.5. The summed E-state index contributed by atoms with van der Waals surface area (Å²) in [6.45, 7) is 0.295. The van der Waals surface area contributed by atoms with E-state index in [2.05, 4.69) is 5.32 Å². The van der Waals surface area contributed by atoms with E-state index in [-0.39, 0.29) is 22.9 Å². The fraction of sp³-hybridized carbons (Fsp3) is 0.222. The Morgan fingerprint density at radius 1 is 1.32 bits per heavy atom. The number of halogens is 2. The molecule has 2 aromatic rings. The number of nitrogens with zero attached hydrogens (tertiary/aromatic N) is 1. The third-order valence-electron chi connectivity index (χ3n) is 4.02. The largest absolute Gasteiger partial charge is 0.497 e. The van der Waals surface area contributed by atoms with Crippen molar-refractivity contribution in [1.29, 1.82) is 0 Å². The molecule has 0 aliphatic carbocycles. The molecular formula is C18H16ClFN2O3. The Balaban J connectivity index is 1.73. The Labute approximate surface area is 149 Å². The molecule has 5 nitrogen and oxygen atoms in total. The van der Waals surface area contributed by atoms with Crippen LogP contribution in [-0.2, 0) is 4.79 Å². The zero-order chi connectivity index (χ0) is 18.0. The summed E-state index contributed by atoms with van der Waals surface area (Å²) in [5.74, 6) is -0.818. The van der Waals surface area contributed by atoms with Gasteiger partial charge in [-0.05, 0) is 24.3 Å². The van der Waals surface area contributed by atoms with Crippen LogP contribution in [0.1, 0.15) is 16.8 Å². The minimum atomic E-state index is -0.695. The fourth-order valence-corrected chi connectivity index (χ4v) is 3.05. The average Bonchev–Trinajstić information content (AvgIpc) is 2.95. The molecule has 0 aromatic heterocycles. The molecule has 0 saturated carbocycles. The van der Waals surface area contributed by atoms with E-state index in [4.69, 9.17) is 16.3 Å². The molecule has 25 heavy (non-hydrogen) atoms. The van der Waals surface area contributed by atoms with Gasteiger partial charge in [0.1, 0.15) is 11.6 Å². The summed E-state index contributed by atoms with van der Waals surface area (Å²) >= 11 is 5.90. The molecule has 2 amide bonds. The van der Waals surface area contributed by atoms with E-state index in [1.165, 1.54) is 18.2 Å². The topological polar surface area (TPSA) is 58.6 Å². The predicted octanol–water partition coefficient (Wildman–Crippen LogP) is 3.02. The second-order valence-electron chi connectivity index (χ2n) is 5.68. The molecule has 1 saturated heterocycles. The maximum Gasteiger partial charge on any atom is 0.256 e. The molecule has 3 rings (SSSR count). The Morgan fingerprint density at radius 2 is 2.08 bits per heavy atom. The number of hydrogen-bond acceptors (Lipinski definition) is 3. The normalized spacial score (nSPS) is 16.8. The van der Waals surface area contributed by atoms with Gasteiger partial charge < -0.3 is 15.0 Å². The van der Waals surface area contributed by atoms with Gasteiger partial charge in [0.15, 0.2) is 0 Å². The van der Waals surface area contributed by atoms with E-state index in [0.717, 1.165) is 0 Å². The molecule has 2 aromatic carbocycles. The quantitative estimate of drug-likeness (QED) is 0.909. The lowest BCUT2D eigenvalue weighted by atomic mass is 10.1. The van der Waals surface area contributed by atoms with E-state index >= 15 is 0 Å². The standard InChI is InChI=1S/C18H16ClFN2O3/c1-25-13-5-2-4-12(9-13)22-10-11(8-16(22)23)21-18(24)17-14(19)6-3-7-15(17)20/h2-7,9,11H,8,10H2,1H3,(H,21,24)/t11-/m0/s1. The third-order valence-corrected chi connectivity index (χ3v) is 4.33. The Kier molecular flexibility index (Phi) is 4.90. The summed E-state index contributed by atoms with van der Waals surface area (Å²) in [4.78, 5) is 26.1. The van der Waals surface area contributed by atoms with Gasteiger partial charge in [-0.25, -0.2) is 4.39 Å². The summed E-state index contributed by atoms with van der Waals surface area (Å²) < 4.78 is 19.0. The van der Waals surface area contributed by atoms with Gasteiger partial charge in [0.2, 0.25) is 5.91 Å². The second-order valence-corrected chi connectivity index (χ2v) is 6.08. The van der Waals surface area contributed by atoms with Crippen LogP contribution in [0.15, 0.2) is 42.5 Å². The van der Waals surface area contributed by atoms with Gasteiger partial charge in [-0.15, -0.1) is 0 Å². The number of nitrogens with one attached hydrogen (secondary N) is 1. The second kappa shape index (κ2) is 7.11. The summed E-state index contributed by atoms with van der Waals surface area (Å²) in [5, 5.41) is 2.71. The van der Waals surface area contributed by atoms with Gasteiger partial charge in [0.25, 0.3) is 5.91 Å². The van der Waals surface area contributed by atoms with Crippen LogP contribution in [0.5, 0.6) is 5.75 Å². The van der Waals surface area contributed by atoms with Crippen LogP contribution in [0.2, 0.25) is 5.02 Å². The van der Waals surface area contributed by atoms with Gasteiger partial charge in [0.05, 0.1) is 23.7 Å². The molecule has 1 aliphatic heterocycles. The average molecular weight is 363 g/mol. The van der Waals surface area contributed by atoms with E-state index in [1.54, 1.807) is 36.3 Å². The van der Waals surface area contributed by atoms with Crippen LogP contribution >= 0.6 is 11.6 Å². The molecule has 0 unspecified atom stereocenters. The van der Waals surface area contributed by atoms with Crippen LogP contribution in [0.4, 0.5) is 10.1 Å². The minimum Gasteiger partial charge on any atom is -0.497 e. The van der Waals surface area contributed by atoms with Crippen molar-refractivity contribution in [3.05, 3.63) is 58.9 Å². The first-order chi connectivity index (χ1) is 12.0. The van der Waals surface area contributed by atoms with Gasteiger partial charge in [-0.1, -0.05) is 23.7 Å². The number of benzene rings is 2. The molecule has 1 atom stereocenters. The van der Waals surface area contributed by atoms with Gasteiger partial charge >= 0.3 is 0 Å². The lowest BCUT2D eigenvalue weighted by Crippen LogP contribution is -2.37. The molecular weight excluding hydrogens is 347 g/mol. The van der Waals surface area contributed by atoms with Crippen LogP contribution in [0, 0.1) is 5.82 Å². The van der Waals surface area contributed by atoms with Crippen molar-refractivity contribution in [2.45, 2.75) is 12.5 Å². The molecule has 0 spiro atoms. The Morgan fingerprint density at radius 3 is 2.80 bits per heavy atom. The highest BCUT2D eigenvalue weighted by Crippen LogP contribution is 2.26. The summed E-state index contributed by atoms with van der Waals surface area (Å²) in [7, 11) is 1.55. The summed E-state index contributed by atoms with van der Waals surface area (Å²) in [6, 6.07) is 10.7. The number of methoxy groups -OCH3 is 1. The van der Waals surface area contributed by atoms with E-state index < -0.39 is 17.8 Å². The maximum atomic E-state index is 13.8. The molecule has 0 radical (unpaired) electrons. The van der Waals surface area contributed by atoms with E-state index in [0.29, 0.717) is 18.0 Å². The smallest absolute Gasteiger partial charge is 0.256 e. The van der Waals surface area contributed by atoms with Gasteiger partial charge in [0, 0.05) is 24.7 Å². The van der Waals surface area contributed by atoms with Crippen molar-refractivity contribution >= 4 is 29.1 Å². The van der Waals surface area contributed by atoms with Crippen molar-refractivity contribution < 1.29 is 18.7 Å². The summed E-state index contributed by atoms with van der Waals surface area (Å²) in [6.07, 6.45) is 0.134. The zero-order valence-electron chi connectivity index (χ0n) is 13.5. The molecule has 1 heterocycles. The number of anilines is 1. The van der Waals surface area contributed by atoms with Crippen LogP contribution in [0.25, 0.3) is 0 Å². The molecule has 1 aliphatic rings. The number of ether oxygens (including phenoxy) is 1. The van der Waals surface area contributed by atoms with Crippen LogP contribution in [-0.4, -0.2) is 31.5 Å². The van der Waals surface area contributed by atoms with Crippen LogP contribution in [0.3, 0.4) is 0 Å². The number of carbonyl (C=O) groups excluding carboxylic acids is 2. The van der Waals surface area contributed by atoms with Crippen molar-refractivity contribution in [3.63, 3.8) is 0 Å². The molecule has 7 heteroatoms. The molecule has 130 valence electrons. The third kappa shape index (κ3) is 3.58. The number of amides is 2. The Bertz CT molecular complexity index is 807. The minimum absolute atomic E-state index is 0.0338. The van der Waals surface area contributed by atoms with Crippen molar-refractivity contribution in [2.75, 3.05) is 18.6 Å². The lowest BCUT2D eigenvalue weighted by molar-refractivity contribution is -0.117. The maximum absolute atomic E-state index is 13.8. The van der Waals surface area contributed by atoms with E-state index in [9.17, 15) is 14.0 Å². The van der Waals surface area contributed by atoms with Crippen molar-refractivity contribution in [2.24, 2.45) is 0 Å². The van der Waals surface area contributed by atoms with E-state index in [1.807, 2.05) is 0 Å². The number of hydrogen-bond donors (Lipinski definition) is 1. The fourth-order valence-electron chi connectivity index (χ4n) is 2.80. The monoisotopic (exact) mass is 362 g/mol. The van der Waals surface area contributed by atoms with Crippen LogP contribution < -0.4 is 15.0 Å². The Hall–Kier alpha value is -2.60. The first-order valence-corrected chi connectivity index (χ1v) is 8.06. The van der Waals surface area contributed by atoms with Crippen molar-refractivity contribution in [1.82, 2.24) is 5.32 Å². The molecule has 1 fully saturated rings. The molecule has 1 N–H and O–H groups in total. The highest BCUT2D eigenvalue weighted by Gasteiger charge is 2.32. The number of rotatable bonds is 4. The highest BCUT2D eigenvalue weighted by molar-refractivity contribution is 6.33. The first-order valence-electron chi connectivity index (χ1n) is 7.69. The molecule has 0 bridgehead atoms. The predicted molar refractivity (Wildman–Crippen MR) is 92.6 cm³/mol. The van der Waals surface area contributed by atoms with Gasteiger partial charge in [-0.2, -0.15) is 0 Å². The van der Waals surface area contributed by atoms with Crippen molar-refractivity contribution in [3.8, 4) is 5.75 Å². The lowest BCUT2D eigenvalue weighted by Gasteiger charge is -2.18. The SMILES string of the molecule is COc1cccc(N2C[C@@H](NC(=O)c3c(F)cccc3Cl)CC2=O)c1.